The van der Waals surface area contributed by atoms with Crippen LogP contribution in [0.5, 0.6) is 11.5 Å². The quantitative estimate of drug-likeness (QED) is 0.0585. The van der Waals surface area contributed by atoms with E-state index in [9.17, 15) is 48.4 Å². The van der Waals surface area contributed by atoms with E-state index in [4.69, 9.17) is 10.6 Å². The Bertz CT molecular complexity index is 1870. The third-order valence-electron chi connectivity index (χ3n) is 6.82. The van der Waals surface area contributed by atoms with Crippen molar-refractivity contribution >= 4 is 57.7 Å². The number of carbonyl (C=O) groups is 4. The molecule has 3 atom stereocenters. The number of rotatable bonds is 11. The van der Waals surface area contributed by atoms with Crippen molar-refractivity contribution in [2.75, 3.05) is 11.5 Å². The molecule has 244 valence electrons. The first-order valence-corrected chi connectivity index (χ1v) is 15.2. The van der Waals surface area contributed by atoms with Crippen molar-refractivity contribution in [3.63, 3.8) is 0 Å². The van der Waals surface area contributed by atoms with Gasteiger partial charge in [0.05, 0.1) is 11.7 Å². The number of aliphatic carboxylic acids is 2. The molecule has 2 aliphatic rings. The number of thiazole rings is 1. The van der Waals surface area contributed by atoms with Gasteiger partial charge in [-0.1, -0.05) is 17.3 Å². The lowest BCUT2D eigenvalue weighted by molar-refractivity contribution is -0.687. The number of nitrogens with one attached hydrogen (secondary N) is 1. The highest BCUT2D eigenvalue weighted by molar-refractivity contribution is 8.00. The number of carboxylic acid groups (broad SMARTS) is 2. The second kappa shape index (κ2) is 13.4. The summed E-state index contributed by atoms with van der Waals surface area (Å²) >= 11 is 2.02. The van der Waals surface area contributed by atoms with E-state index < -0.39 is 75.7 Å². The van der Waals surface area contributed by atoms with E-state index in [1.807, 2.05) is 35.2 Å². The summed E-state index contributed by atoms with van der Waals surface area (Å²) in [6, 6.07) is 4.48. The highest BCUT2D eigenvalue weighted by Gasteiger charge is 2.53. The number of anilines is 1. The maximum atomic E-state index is 14.6. The molecule has 5 rings (SSSR count). The molecule has 3 unspecified atom stereocenters. The molecule has 6 N–H and O–H groups in total. The van der Waals surface area contributed by atoms with Gasteiger partial charge in [-0.15, -0.1) is 23.1 Å². The van der Waals surface area contributed by atoms with Gasteiger partial charge in [0.2, 0.25) is 0 Å². The monoisotopic (exact) mass is 688 g/mol. The lowest BCUT2D eigenvalue weighted by atomic mass is 10.0. The van der Waals surface area contributed by atoms with Gasteiger partial charge in [0.25, 0.3) is 17.9 Å². The number of halogens is 2. The Labute approximate surface area is 270 Å². The molecule has 2 aliphatic heterocycles. The van der Waals surface area contributed by atoms with Crippen molar-refractivity contribution in [1.29, 1.82) is 0 Å². The lowest BCUT2D eigenvalue weighted by Crippen LogP contribution is -2.71. The fraction of sp³-hybridized carbons (Fsp3) is 0.179. The average molecular weight is 689 g/mol. The number of nitrogens with zero attached hydrogens (tertiary/aromatic N) is 4. The van der Waals surface area contributed by atoms with E-state index in [-0.39, 0.29) is 28.3 Å². The zero-order valence-electron chi connectivity index (χ0n) is 23.6. The molecule has 4 heterocycles. The number of phenols is 2. The third-order valence-corrected chi connectivity index (χ3v) is 8.80. The zero-order chi connectivity index (χ0) is 34.0. The van der Waals surface area contributed by atoms with Crippen LogP contribution >= 0.6 is 23.1 Å². The Morgan fingerprint density at radius 2 is 1.98 bits per heavy atom. The number of thioether (sulfide) groups is 1. The minimum absolute atomic E-state index is 0.0458. The van der Waals surface area contributed by atoms with Crippen LogP contribution in [0.1, 0.15) is 17.4 Å². The Balaban J connectivity index is 1.38. The molecule has 47 heavy (non-hydrogen) atoms. The lowest BCUT2D eigenvalue weighted by Gasteiger charge is -2.50. The standard InChI is InChI=1S/C28H22F2N6O9S2/c29-14-9-13(16(30)21(38)20(14)37)22(27(43)44)45-34-17(15-11-47-28(31)32-15)23(39)33-18-24(40)36-19(26(41)42)12(10-46-25(18)36)5-4-8-35-6-2-1-3-7-35/h1-7,9,11,18,22,25H,8,10H2,(H6-,31,32,33,34,37,38,39,41,42,43,44). The van der Waals surface area contributed by atoms with Crippen LogP contribution in [-0.4, -0.2) is 71.8 Å². The van der Waals surface area contributed by atoms with Gasteiger partial charge in [0, 0.05) is 28.8 Å². The smallest absolute Gasteiger partial charge is 0.352 e. The van der Waals surface area contributed by atoms with Crippen molar-refractivity contribution in [1.82, 2.24) is 15.2 Å². The molecule has 0 aliphatic carbocycles. The Hall–Kier alpha value is -5.56. The summed E-state index contributed by atoms with van der Waals surface area (Å²) in [6.07, 6.45) is 4.49. The maximum absolute atomic E-state index is 14.6. The van der Waals surface area contributed by atoms with Crippen LogP contribution in [0.25, 0.3) is 0 Å². The van der Waals surface area contributed by atoms with Gasteiger partial charge in [-0.25, -0.2) is 23.1 Å². The Morgan fingerprint density at radius 3 is 2.62 bits per heavy atom. The number of nitrogens with two attached hydrogens (primary N) is 1. The van der Waals surface area contributed by atoms with Gasteiger partial charge in [0.15, 0.2) is 52.9 Å². The van der Waals surface area contributed by atoms with Crippen LogP contribution in [0.15, 0.2) is 70.6 Å². The van der Waals surface area contributed by atoms with E-state index in [1.165, 1.54) is 5.38 Å². The normalized spacial score (nSPS) is 18.5. The topological polar surface area (TPSA) is 232 Å². The summed E-state index contributed by atoms with van der Waals surface area (Å²) in [7, 11) is 0. The van der Waals surface area contributed by atoms with Crippen LogP contribution in [0.2, 0.25) is 0 Å². The van der Waals surface area contributed by atoms with Gasteiger partial charge >= 0.3 is 5.97 Å². The number of β-lactam (4-membered cyclic amide) rings is 1. The number of carbonyl (C=O) groups excluding carboxylic acids is 3. The number of aromatic nitrogens is 2. The number of hydrogen-bond acceptors (Lipinski definition) is 13. The van der Waals surface area contributed by atoms with Gasteiger partial charge in [-0.05, 0) is 17.7 Å². The molecular weight excluding hydrogens is 666 g/mol. The number of amides is 2. The van der Waals surface area contributed by atoms with E-state index in [2.05, 4.69) is 15.5 Å². The number of carboxylic acids is 2. The van der Waals surface area contributed by atoms with Gasteiger partial charge in [-0.2, -0.15) is 0 Å². The fourth-order valence-corrected chi connectivity index (χ4v) is 6.46. The number of aromatic hydroxyl groups is 2. The van der Waals surface area contributed by atoms with Crippen molar-refractivity contribution in [3.05, 3.63) is 88.4 Å². The molecule has 0 radical (unpaired) electrons. The van der Waals surface area contributed by atoms with Crippen LogP contribution in [-0.2, 0) is 30.6 Å². The molecule has 19 heteroatoms. The van der Waals surface area contributed by atoms with E-state index >= 15 is 0 Å². The van der Waals surface area contributed by atoms with Crippen molar-refractivity contribution in [2.24, 2.45) is 5.16 Å². The molecule has 15 nitrogen and oxygen atoms in total. The maximum Gasteiger partial charge on any atom is 0.352 e. The second-order valence-electron chi connectivity index (χ2n) is 9.79. The first-order valence-electron chi connectivity index (χ1n) is 13.3. The van der Waals surface area contributed by atoms with Crippen molar-refractivity contribution < 1.29 is 57.8 Å². The first kappa shape index (κ1) is 32.8. The molecular formula is C28H22F2N6O9S2. The largest absolute Gasteiger partial charge is 0.543 e. The first-order chi connectivity index (χ1) is 22.4. The van der Waals surface area contributed by atoms with E-state index in [0.29, 0.717) is 12.1 Å². The van der Waals surface area contributed by atoms with E-state index in [0.717, 1.165) is 28.0 Å². The number of oxime groups is 1. The average Bonchev–Trinajstić information content (AvgIpc) is 3.48. The number of phenolic OH excluding ortho intramolecular Hbond substituents is 2. The molecule has 0 saturated carbocycles. The highest BCUT2D eigenvalue weighted by atomic mass is 32.2. The molecule has 2 amide bonds. The molecule has 1 fully saturated rings. The van der Waals surface area contributed by atoms with Crippen molar-refractivity contribution in [3.8, 4) is 11.5 Å². The molecule has 1 aromatic carbocycles. The zero-order valence-corrected chi connectivity index (χ0v) is 25.2. The Morgan fingerprint density at radius 1 is 1.26 bits per heavy atom. The van der Waals surface area contributed by atoms with Crippen molar-refractivity contribution in [2.45, 2.75) is 24.1 Å². The van der Waals surface area contributed by atoms with Gasteiger partial charge < -0.3 is 41.1 Å². The summed E-state index contributed by atoms with van der Waals surface area (Å²) in [6.45, 7) is 0.426. The third kappa shape index (κ3) is 6.56. The van der Waals surface area contributed by atoms with Gasteiger partial charge in [-0.3, -0.25) is 14.5 Å². The number of hydrogen-bond donors (Lipinski definition) is 5. The summed E-state index contributed by atoms with van der Waals surface area (Å²) < 4.78 is 30.4. The minimum Gasteiger partial charge on any atom is -0.543 e. The number of allylic oxidation sites excluding steroid dienone is 2. The van der Waals surface area contributed by atoms with Crippen LogP contribution in [0.3, 0.4) is 0 Å². The van der Waals surface area contributed by atoms with E-state index in [1.54, 1.807) is 12.2 Å². The molecule has 0 bridgehead atoms. The SMILES string of the molecule is Nc1nc(C(=NOC(C(=O)O)c2cc(F)c(O)c(O)c2F)C(=O)NC2C(=O)N3C(C(=O)[O-])=C(C=CC[n+]4ccccc4)CSC23)cs1. The second-order valence-corrected chi connectivity index (χ2v) is 11.8. The number of nitrogen functional groups attached to an aromatic ring is 1. The van der Waals surface area contributed by atoms with Gasteiger partial charge in [0.1, 0.15) is 17.1 Å². The number of pyridine rings is 1. The Kier molecular flexibility index (Phi) is 9.38. The molecule has 3 aromatic rings. The predicted octanol–water partition coefficient (Wildman–Crippen LogP) is -0.0909. The fourth-order valence-electron chi connectivity index (χ4n) is 4.60. The van der Waals surface area contributed by atoms with Crippen LogP contribution < -0.4 is 20.7 Å². The summed E-state index contributed by atoms with van der Waals surface area (Å²) in [5, 5.41) is 47.0. The van der Waals surface area contributed by atoms with Crippen LogP contribution in [0.4, 0.5) is 13.9 Å². The number of benzene rings is 1. The minimum atomic E-state index is -2.44. The summed E-state index contributed by atoms with van der Waals surface area (Å²) in [5.74, 6) is -11.7. The predicted molar refractivity (Wildman–Crippen MR) is 157 cm³/mol. The molecule has 2 aromatic heterocycles. The van der Waals surface area contributed by atoms with Crippen LogP contribution in [0, 0.1) is 11.6 Å². The molecule has 0 spiro atoms. The molecule has 1 saturated heterocycles. The summed E-state index contributed by atoms with van der Waals surface area (Å²) in [5.41, 5.74) is 3.57. The summed E-state index contributed by atoms with van der Waals surface area (Å²) in [4.78, 5) is 60.3. The number of fused-ring (bicyclic) bond motifs is 1. The highest BCUT2D eigenvalue weighted by Crippen LogP contribution is 2.41.